The molecule has 0 aliphatic carbocycles. The number of rotatable bonds is 3. The van der Waals surface area contributed by atoms with Gasteiger partial charge in [0.1, 0.15) is 0 Å². The quantitative estimate of drug-likeness (QED) is 0.639. The molecule has 0 spiro atoms. The first kappa shape index (κ1) is 13.5. The Morgan fingerprint density at radius 1 is 1.33 bits per heavy atom. The van der Waals surface area contributed by atoms with Gasteiger partial charge >= 0.3 is 0 Å². The van der Waals surface area contributed by atoms with Gasteiger partial charge in [-0.15, -0.1) is 5.10 Å². The van der Waals surface area contributed by atoms with Gasteiger partial charge in [-0.05, 0) is 31.9 Å². The molecule has 7 nitrogen and oxygen atoms in total. The highest BCUT2D eigenvalue weighted by molar-refractivity contribution is 5.55. The van der Waals surface area contributed by atoms with Crippen LogP contribution < -0.4 is 4.90 Å². The van der Waals surface area contributed by atoms with E-state index < -0.39 is 0 Å². The largest absolute Gasteiger partial charge is 0.371 e. The van der Waals surface area contributed by atoms with Crippen molar-refractivity contribution in [3.05, 3.63) is 46.3 Å². The van der Waals surface area contributed by atoms with Crippen LogP contribution in [0.1, 0.15) is 24.4 Å². The Morgan fingerprint density at radius 2 is 2.10 bits per heavy atom. The fraction of sp³-hybridized carbons (Fsp3) is 0.429. The first-order valence-electron chi connectivity index (χ1n) is 7.01. The maximum atomic E-state index is 10.9. The van der Waals surface area contributed by atoms with Crippen molar-refractivity contribution in [1.82, 2.24) is 15.0 Å². The standard InChI is InChI=1S/C14H17N5O2/c1-11-10-13(2-3-14(11)19(20)21)17-7-4-12(5-8-17)18-9-6-15-16-18/h2-3,6,9-10,12H,4-5,7-8H2,1H3. The number of benzene rings is 1. The molecule has 0 atom stereocenters. The number of hydrogen-bond acceptors (Lipinski definition) is 5. The summed E-state index contributed by atoms with van der Waals surface area (Å²) in [6, 6.07) is 5.71. The van der Waals surface area contributed by atoms with Gasteiger partial charge in [0.25, 0.3) is 5.69 Å². The lowest BCUT2D eigenvalue weighted by Crippen LogP contribution is -2.34. The van der Waals surface area contributed by atoms with Gasteiger partial charge in [-0.1, -0.05) is 5.21 Å². The Morgan fingerprint density at radius 3 is 2.67 bits per heavy atom. The summed E-state index contributed by atoms with van der Waals surface area (Å²) in [4.78, 5) is 12.8. The number of nitro groups is 1. The van der Waals surface area contributed by atoms with Gasteiger partial charge in [0.2, 0.25) is 0 Å². The molecular formula is C14H17N5O2. The average molecular weight is 287 g/mol. The first-order valence-corrected chi connectivity index (χ1v) is 7.01. The number of nitro benzene ring substituents is 1. The van der Waals surface area contributed by atoms with Crippen LogP contribution in [0.2, 0.25) is 0 Å². The molecule has 0 radical (unpaired) electrons. The van der Waals surface area contributed by atoms with Crippen molar-refractivity contribution < 1.29 is 4.92 Å². The summed E-state index contributed by atoms with van der Waals surface area (Å²) < 4.78 is 1.92. The third-order valence-electron chi connectivity index (χ3n) is 4.02. The molecule has 0 N–H and O–H groups in total. The van der Waals surface area contributed by atoms with E-state index in [2.05, 4.69) is 15.2 Å². The van der Waals surface area contributed by atoms with Crippen LogP contribution in [0.25, 0.3) is 0 Å². The van der Waals surface area contributed by atoms with E-state index in [0.29, 0.717) is 11.6 Å². The number of hydrogen-bond donors (Lipinski definition) is 0. The lowest BCUT2D eigenvalue weighted by molar-refractivity contribution is -0.385. The lowest BCUT2D eigenvalue weighted by atomic mass is 10.0. The molecule has 1 aromatic heterocycles. The van der Waals surface area contributed by atoms with E-state index in [1.165, 1.54) is 0 Å². The second-order valence-electron chi connectivity index (χ2n) is 5.33. The summed E-state index contributed by atoms with van der Waals surface area (Å²) in [5.74, 6) is 0. The Balaban J connectivity index is 1.69. The van der Waals surface area contributed by atoms with Crippen LogP contribution in [0.4, 0.5) is 11.4 Å². The molecule has 1 fully saturated rings. The topological polar surface area (TPSA) is 77.1 Å². The fourth-order valence-corrected chi connectivity index (χ4v) is 2.84. The molecule has 1 aliphatic heterocycles. The smallest absolute Gasteiger partial charge is 0.272 e. The number of piperidine rings is 1. The van der Waals surface area contributed by atoms with Crippen molar-refractivity contribution in [2.75, 3.05) is 18.0 Å². The normalized spacial score (nSPS) is 16.1. The zero-order valence-electron chi connectivity index (χ0n) is 11.8. The van der Waals surface area contributed by atoms with Gasteiger partial charge in [-0.25, -0.2) is 4.68 Å². The molecule has 0 bridgehead atoms. The summed E-state index contributed by atoms with van der Waals surface area (Å²) in [5.41, 5.74) is 1.93. The molecular weight excluding hydrogens is 270 g/mol. The van der Waals surface area contributed by atoms with Crippen molar-refractivity contribution in [2.45, 2.75) is 25.8 Å². The van der Waals surface area contributed by atoms with E-state index >= 15 is 0 Å². The van der Waals surface area contributed by atoms with E-state index in [1.807, 2.05) is 23.0 Å². The van der Waals surface area contributed by atoms with Crippen LogP contribution in [0.15, 0.2) is 30.6 Å². The minimum absolute atomic E-state index is 0.177. The Kier molecular flexibility index (Phi) is 3.55. The van der Waals surface area contributed by atoms with Gasteiger partial charge < -0.3 is 4.90 Å². The van der Waals surface area contributed by atoms with Gasteiger partial charge in [-0.2, -0.15) is 0 Å². The van der Waals surface area contributed by atoms with Gasteiger partial charge in [-0.3, -0.25) is 10.1 Å². The molecule has 1 aliphatic rings. The van der Waals surface area contributed by atoms with Crippen LogP contribution in [0.5, 0.6) is 0 Å². The third kappa shape index (κ3) is 2.72. The van der Waals surface area contributed by atoms with E-state index in [-0.39, 0.29) is 10.6 Å². The zero-order chi connectivity index (χ0) is 14.8. The molecule has 0 unspecified atom stereocenters. The van der Waals surface area contributed by atoms with Crippen LogP contribution in [-0.2, 0) is 0 Å². The Labute approximate surface area is 122 Å². The van der Waals surface area contributed by atoms with Gasteiger partial charge in [0, 0.05) is 36.6 Å². The summed E-state index contributed by atoms with van der Waals surface area (Å²) >= 11 is 0. The predicted molar refractivity (Wildman–Crippen MR) is 78.3 cm³/mol. The number of aromatic nitrogens is 3. The molecule has 3 rings (SSSR count). The zero-order valence-corrected chi connectivity index (χ0v) is 11.8. The van der Waals surface area contributed by atoms with Crippen LogP contribution in [0.3, 0.4) is 0 Å². The monoisotopic (exact) mass is 287 g/mol. The highest BCUT2D eigenvalue weighted by Crippen LogP contribution is 2.29. The highest BCUT2D eigenvalue weighted by atomic mass is 16.6. The first-order chi connectivity index (χ1) is 10.1. The average Bonchev–Trinajstić information content (AvgIpc) is 3.01. The Bertz CT molecular complexity index is 633. The molecule has 0 saturated carbocycles. The second-order valence-corrected chi connectivity index (χ2v) is 5.33. The van der Waals surface area contributed by atoms with Crippen molar-refractivity contribution in [2.24, 2.45) is 0 Å². The highest BCUT2D eigenvalue weighted by Gasteiger charge is 2.22. The van der Waals surface area contributed by atoms with E-state index in [0.717, 1.165) is 31.6 Å². The summed E-state index contributed by atoms with van der Waals surface area (Å²) in [6.07, 6.45) is 5.60. The molecule has 110 valence electrons. The summed E-state index contributed by atoms with van der Waals surface area (Å²) in [6.45, 7) is 3.62. The van der Waals surface area contributed by atoms with Crippen molar-refractivity contribution >= 4 is 11.4 Å². The molecule has 21 heavy (non-hydrogen) atoms. The van der Waals surface area contributed by atoms with E-state index in [4.69, 9.17) is 0 Å². The van der Waals surface area contributed by atoms with Crippen LogP contribution >= 0.6 is 0 Å². The fourth-order valence-electron chi connectivity index (χ4n) is 2.84. The Hall–Kier alpha value is -2.44. The lowest BCUT2D eigenvalue weighted by Gasteiger charge is -2.33. The minimum atomic E-state index is -0.337. The number of nitrogens with zero attached hydrogens (tertiary/aromatic N) is 5. The van der Waals surface area contributed by atoms with Crippen molar-refractivity contribution in [3.8, 4) is 0 Å². The maximum absolute atomic E-state index is 10.9. The van der Waals surface area contributed by atoms with Crippen LogP contribution in [-0.4, -0.2) is 33.0 Å². The van der Waals surface area contributed by atoms with E-state index in [1.54, 1.807) is 19.2 Å². The minimum Gasteiger partial charge on any atom is -0.371 e. The molecule has 0 amide bonds. The predicted octanol–water partition coefficient (Wildman–Crippen LogP) is 2.34. The molecule has 7 heteroatoms. The number of anilines is 1. The van der Waals surface area contributed by atoms with Crippen molar-refractivity contribution in [3.63, 3.8) is 0 Å². The number of aryl methyl sites for hydroxylation is 1. The third-order valence-corrected chi connectivity index (χ3v) is 4.02. The van der Waals surface area contributed by atoms with E-state index in [9.17, 15) is 10.1 Å². The SMILES string of the molecule is Cc1cc(N2CCC(n3ccnn3)CC2)ccc1[N+](=O)[O-]. The second kappa shape index (κ2) is 5.51. The maximum Gasteiger partial charge on any atom is 0.272 e. The molecule has 2 aromatic rings. The van der Waals surface area contributed by atoms with Crippen molar-refractivity contribution in [1.29, 1.82) is 0 Å². The molecule has 1 aromatic carbocycles. The van der Waals surface area contributed by atoms with Gasteiger partial charge in [0.05, 0.1) is 17.2 Å². The summed E-state index contributed by atoms with van der Waals surface area (Å²) in [5, 5.41) is 18.8. The van der Waals surface area contributed by atoms with Crippen LogP contribution in [0, 0.1) is 17.0 Å². The van der Waals surface area contributed by atoms with Gasteiger partial charge in [0.15, 0.2) is 0 Å². The molecule has 2 heterocycles. The summed E-state index contributed by atoms with van der Waals surface area (Å²) in [7, 11) is 0. The molecule has 1 saturated heterocycles.